The first-order valence-corrected chi connectivity index (χ1v) is 6.72. The Morgan fingerprint density at radius 1 is 1.22 bits per heavy atom. The van der Waals surface area contributed by atoms with E-state index in [9.17, 15) is 13.2 Å². The highest BCUT2D eigenvalue weighted by Gasteiger charge is 2.30. The number of anilines is 1. The Balaban J connectivity index is 2.21. The number of nitrogens with zero attached hydrogens (tertiary/aromatic N) is 3. The van der Waals surface area contributed by atoms with Crippen molar-refractivity contribution in [1.82, 2.24) is 14.6 Å². The molecule has 0 atom stereocenters. The van der Waals surface area contributed by atoms with E-state index in [0.717, 1.165) is 0 Å². The third-order valence-corrected chi connectivity index (χ3v) is 3.45. The Bertz CT molecular complexity index is 858. The summed E-state index contributed by atoms with van der Waals surface area (Å²) >= 11 is 0. The number of benzene rings is 1. The van der Waals surface area contributed by atoms with Crippen molar-refractivity contribution >= 4 is 11.5 Å². The molecule has 0 radical (unpaired) electrons. The van der Waals surface area contributed by atoms with E-state index in [1.807, 2.05) is 0 Å². The second-order valence-corrected chi connectivity index (χ2v) is 4.99. The SMILES string of the molecule is COc1ccc(-c2nnc(N)n3cccc23)c(CC(F)(F)F)c1. The van der Waals surface area contributed by atoms with Gasteiger partial charge in [0.1, 0.15) is 11.4 Å². The van der Waals surface area contributed by atoms with E-state index in [-0.39, 0.29) is 11.5 Å². The number of aromatic nitrogens is 3. The topological polar surface area (TPSA) is 65.4 Å². The average Bonchev–Trinajstić information content (AvgIpc) is 2.97. The molecule has 2 heterocycles. The smallest absolute Gasteiger partial charge is 0.393 e. The maximum Gasteiger partial charge on any atom is 0.393 e. The van der Waals surface area contributed by atoms with Gasteiger partial charge in [-0.1, -0.05) is 0 Å². The summed E-state index contributed by atoms with van der Waals surface area (Å²) < 4.78 is 45.3. The van der Waals surface area contributed by atoms with Crippen molar-refractivity contribution in [1.29, 1.82) is 0 Å². The van der Waals surface area contributed by atoms with Crippen molar-refractivity contribution < 1.29 is 17.9 Å². The summed E-state index contributed by atoms with van der Waals surface area (Å²) in [6, 6.07) is 7.95. The molecule has 0 amide bonds. The van der Waals surface area contributed by atoms with Crippen molar-refractivity contribution in [3.8, 4) is 17.0 Å². The second kappa shape index (κ2) is 5.45. The number of fused-ring (bicyclic) bond motifs is 1. The van der Waals surface area contributed by atoms with Crippen LogP contribution in [0.1, 0.15) is 5.56 Å². The van der Waals surface area contributed by atoms with E-state index in [1.165, 1.54) is 13.2 Å². The molecule has 2 aromatic heterocycles. The molecule has 0 fully saturated rings. The van der Waals surface area contributed by atoms with Crippen LogP contribution in [-0.2, 0) is 6.42 Å². The Labute approximate surface area is 129 Å². The average molecular weight is 322 g/mol. The van der Waals surface area contributed by atoms with E-state index in [2.05, 4.69) is 10.2 Å². The van der Waals surface area contributed by atoms with E-state index < -0.39 is 12.6 Å². The fourth-order valence-electron chi connectivity index (χ4n) is 2.46. The summed E-state index contributed by atoms with van der Waals surface area (Å²) in [5.74, 6) is 0.516. The molecule has 0 unspecified atom stereocenters. The summed E-state index contributed by atoms with van der Waals surface area (Å²) in [4.78, 5) is 0. The van der Waals surface area contributed by atoms with Crippen LogP contribution in [0.15, 0.2) is 36.5 Å². The summed E-state index contributed by atoms with van der Waals surface area (Å²) in [6.07, 6.45) is -3.76. The molecule has 0 saturated carbocycles. The molecule has 2 N–H and O–H groups in total. The molecule has 5 nitrogen and oxygen atoms in total. The Morgan fingerprint density at radius 3 is 2.70 bits per heavy atom. The number of rotatable bonds is 3. The van der Waals surface area contributed by atoms with Crippen molar-refractivity contribution in [2.45, 2.75) is 12.6 Å². The van der Waals surface area contributed by atoms with Crippen LogP contribution in [-0.4, -0.2) is 27.9 Å². The first kappa shape index (κ1) is 15.1. The lowest BCUT2D eigenvalue weighted by molar-refractivity contribution is -0.127. The van der Waals surface area contributed by atoms with Gasteiger partial charge in [0, 0.05) is 11.8 Å². The predicted octanol–water partition coefficient (Wildman–Crippen LogP) is 3.09. The number of ether oxygens (including phenoxy) is 1. The largest absolute Gasteiger partial charge is 0.497 e. The lowest BCUT2D eigenvalue weighted by Crippen LogP contribution is -2.13. The van der Waals surface area contributed by atoms with Crippen LogP contribution >= 0.6 is 0 Å². The number of nitrogens with two attached hydrogens (primary N) is 1. The summed E-state index contributed by atoms with van der Waals surface area (Å²) in [6.45, 7) is 0. The monoisotopic (exact) mass is 322 g/mol. The Kier molecular flexibility index (Phi) is 3.59. The number of nitrogen functional groups attached to an aromatic ring is 1. The zero-order valence-electron chi connectivity index (χ0n) is 12.1. The fourth-order valence-corrected chi connectivity index (χ4v) is 2.46. The molecule has 3 rings (SSSR count). The van der Waals surface area contributed by atoms with Crippen LogP contribution in [0, 0.1) is 0 Å². The van der Waals surface area contributed by atoms with Crippen LogP contribution < -0.4 is 10.5 Å². The van der Waals surface area contributed by atoms with Crippen LogP contribution in [0.3, 0.4) is 0 Å². The van der Waals surface area contributed by atoms with Gasteiger partial charge in [0.25, 0.3) is 0 Å². The normalized spacial score (nSPS) is 11.8. The zero-order chi connectivity index (χ0) is 16.6. The van der Waals surface area contributed by atoms with Crippen molar-refractivity contribution in [3.63, 3.8) is 0 Å². The highest BCUT2D eigenvalue weighted by molar-refractivity contribution is 5.80. The molecule has 0 bridgehead atoms. The lowest BCUT2D eigenvalue weighted by atomic mass is 10.0. The maximum absolute atomic E-state index is 12.9. The summed E-state index contributed by atoms with van der Waals surface area (Å²) in [5, 5.41) is 7.81. The Hall–Kier alpha value is -2.77. The molecule has 0 aliphatic heterocycles. The van der Waals surface area contributed by atoms with Crippen molar-refractivity contribution in [2.75, 3.05) is 12.8 Å². The zero-order valence-corrected chi connectivity index (χ0v) is 12.1. The highest BCUT2D eigenvalue weighted by atomic mass is 19.4. The standard InChI is InChI=1S/C15H13F3N4O/c1-23-10-4-5-11(9(7-10)8-15(16,17)18)13-12-3-2-6-22(12)14(19)21-20-13/h2-7H,8H2,1H3,(H2,19,21). The number of alkyl halides is 3. The van der Waals surface area contributed by atoms with Gasteiger partial charge in [-0.25, -0.2) is 0 Å². The van der Waals surface area contributed by atoms with Gasteiger partial charge in [0.2, 0.25) is 5.95 Å². The molecular weight excluding hydrogens is 309 g/mol. The molecule has 8 heteroatoms. The number of hydrogen-bond acceptors (Lipinski definition) is 4. The molecule has 23 heavy (non-hydrogen) atoms. The minimum absolute atomic E-state index is 0.0685. The third kappa shape index (κ3) is 2.92. The van der Waals surface area contributed by atoms with Crippen molar-refractivity contribution in [3.05, 3.63) is 42.1 Å². The van der Waals surface area contributed by atoms with Crippen molar-refractivity contribution in [2.24, 2.45) is 0 Å². The first-order chi connectivity index (χ1) is 10.9. The van der Waals surface area contributed by atoms with Gasteiger partial charge in [-0.05, 0) is 35.9 Å². The fraction of sp³-hybridized carbons (Fsp3) is 0.200. The predicted molar refractivity (Wildman–Crippen MR) is 79.1 cm³/mol. The maximum atomic E-state index is 12.9. The van der Waals surface area contributed by atoms with Gasteiger partial charge in [0.05, 0.1) is 19.0 Å². The van der Waals surface area contributed by atoms with Gasteiger partial charge in [0.15, 0.2) is 0 Å². The number of halogens is 3. The highest BCUT2D eigenvalue weighted by Crippen LogP contribution is 2.33. The molecule has 0 spiro atoms. The Morgan fingerprint density at radius 2 is 2.00 bits per heavy atom. The summed E-state index contributed by atoms with van der Waals surface area (Å²) in [7, 11) is 1.40. The molecule has 1 aromatic carbocycles. The van der Waals surface area contributed by atoms with E-state index in [1.54, 1.807) is 34.9 Å². The third-order valence-electron chi connectivity index (χ3n) is 3.45. The van der Waals surface area contributed by atoms with E-state index in [4.69, 9.17) is 10.5 Å². The second-order valence-electron chi connectivity index (χ2n) is 4.99. The van der Waals surface area contributed by atoms with Gasteiger partial charge >= 0.3 is 6.18 Å². The quantitative estimate of drug-likeness (QED) is 0.805. The number of methoxy groups -OCH3 is 1. The van der Waals surface area contributed by atoms with Gasteiger partial charge in [-0.15, -0.1) is 10.2 Å². The van der Waals surface area contributed by atoms with E-state index in [0.29, 0.717) is 22.5 Å². The lowest BCUT2D eigenvalue weighted by Gasteiger charge is -2.14. The van der Waals surface area contributed by atoms with Crippen LogP contribution in [0.2, 0.25) is 0 Å². The first-order valence-electron chi connectivity index (χ1n) is 6.72. The molecule has 120 valence electrons. The summed E-state index contributed by atoms with van der Waals surface area (Å²) in [5.41, 5.74) is 7.07. The van der Waals surface area contributed by atoms with Crippen LogP contribution in [0.5, 0.6) is 5.75 Å². The van der Waals surface area contributed by atoms with Gasteiger partial charge < -0.3 is 10.5 Å². The van der Waals surface area contributed by atoms with Gasteiger partial charge in [-0.2, -0.15) is 13.2 Å². The molecule has 3 aromatic rings. The van der Waals surface area contributed by atoms with E-state index >= 15 is 0 Å². The molecule has 0 aliphatic rings. The van der Waals surface area contributed by atoms with Crippen LogP contribution in [0.25, 0.3) is 16.8 Å². The molecule has 0 aliphatic carbocycles. The minimum Gasteiger partial charge on any atom is -0.497 e. The van der Waals surface area contributed by atoms with Gasteiger partial charge in [-0.3, -0.25) is 4.40 Å². The minimum atomic E-state index is -4.35. The van der Waals surface area contributed by atoms with Crippen LogP contribution in [0.4, 0.5) is 19.1 Å². The number of hydrogen-bond donors (Lipinski definition) is 1. The molecule has 0 saturated heterocycles. The molecular formula is C15H13F3N4O.